The molecule has 0 spiro atoms. The quantitative estimate of drug-likeness (QED) is 0.534. The van der Waals surface area contributed by atoms with Crippen molar-refractivity contribution < 1.29 is 19.6 Å². The van der Waals surface area contributed by atoms with Crippen molar-refractivity contribution in [1.82, 2.24) is 5.32 Å². The number of ether oxygens (including phenoxy) is 1. The Hall–Kier alpha value is -2.15. The third-order valence-electron chi connectivity index (χ3n) is 2.99. The number of aryl methyl sites for hydroxylation is 1. The molecular formula is C14H20N2O5. The molecule has 7 heteroatoms. The standard InChI is InChI=1S/C14H20N2O5/c1-3-7-15-12(14(17)18)6-8-21-13-9-11(16(19)20)5-4-10(13)2/h4-5,9,12,15H,3,6-8H2,1-2H3,(H,17,18). The lowest BCUT2D eigenvalue weighted by Crippen LogP contribution is -2.38. The molecule has 0 saturated heterocycles. The summed E-state index contributed by atoms with van der Waals surface area (Å²) in [7, 11) is 0. The highest BCUT2D eigenvalue weighted by Crippen LogP contribution is 2.24. The first-order valence-corrected chi connectivity index (χ1v) is 6.79. The Morgan fingerprint density at radius 2 is 2.24 bits per heavy atom. The summed E-state index contributed by atoms with van der Waals surface area (Å²) >= 11 is 0. The lowest BCUT2D eigenvalue weighted by atomic mass is 10.2. The van der Waals surface area contributed by atoms with Crippen LogP contribution < -0.4 is 10.1 Å². The number of nitro groups is 1. The van der Waals surface area contributed by atoms with Gasteiger partial charge in [0.2, 0.25) is 0 Å². The van der Waals surface area contributed by atoms with Gasteiger partial charge in [-0.15, -0.1) is 0 Å². The van der Waals surface area contributed by atoms with Crippen LogP contribution in [-0.2, 0) is 4.79 Å². The molecule has 0 aliphatic heterocycles. The molecule has 21 heavy (non-hydrogen) atoms. The number of benzene rings is 1. The number of carboxylic acid groups (broad SMARTS) is 1. The predicted octanol–water partition coefficient (Wildman–Crippen LogP) is 2.12. The highest BCUT2D eigenvalue weighted by atomic mass is 16.6. The second-order valence-electron chi connectivity index (χ2n) is 4.69. The molecule has 1 rings (SSSR count). The molecule has 1 atom stereocenters. The van der Waals surface area contributed by atoms with Gasteiger partial charge in [0, 0.05) is 12.5 Å². The predicted molar refractivity (Wildman–Crippen MR) is 77.7 cm³/mol. The summed E-state index contributed by atoms with van der Waals surface area (Å²) in [6.45, 7) is 4.53. The number of non-ortho nitro benzene ring substituents is 1. The molecule has 1 aromatic carbocycles. The molecule has 0 heterocycles. The van der Waals surface area contributed by atoms with Gasteiger partial charge in [-0.05, 0) is 31.5 Å². The van der Waals surface area contributed by atoms with Gasteiger partial charge in [0.15, 0.2) is 0 Å². The Bertz CT molecular complexity index is 504. The topological polar surface area (TPSA) is 102 Å². The average Bonchev–Trinajstić information content (AvgIpc) is 2.43. The number of carbonyl (C=O) groups is 1. The largest absolute Gasteiger partial charge is 0.493 e. The number of nitrogens with one attached hydrogen (secondary N) is 1. The van der Waals surface area contributed by atoms with Crippen LogP contribution in [0.2, 0.25) is 0 Å². The van der Waals surface area contributed by atoms with E-state index < -0.39 is 16.9 Å². The molecule has 116 valence electrons. The van der Waals surface area contributed by atoms with Crippen LogP contribution in [0.15, 0.2) is 18.2 Å². The smallest absolute Gasteiger partial charge is 0.320 e. The number of rotatable bonds is 9. The van der Waals surface area contributed by atoms with Crippen molar-refractivity contribution in [1.29, 1.82) is 0 Å². The van der Waals surface area contributed by atoms with E-state index in [0.717, 1.165) is 12.0 Å². The van der Waals surface area contributed by atoms with Gasteiger partial charge in [0.05, 0.1) is 17.6 Å². The Morgan fingerprint density at radius 1 is 1.52 bits per heavy atom. The van der Waals surface area contributed by atoms with Gasteiger partial charge in [0.1, 0.15) is 11.8 Å². The van der Waals surface area contributed by atoms with Crippen molar-refractivity contribution in [3.8, 4) is 5.75 Å². The maximum absolute atomic E-state index is 11.1. The summed E-state index contributed by atoms with van der Waals surface area (Å²) in [5.74, 6) is -0.522. The first-order valence-electron chi connectivity index (χ1n) is 6.79. The first kappa shape index (κ1) is 16.9. The van der Waals surface area contributed by atoms with Crippen molar-refractivity contribution in [2.75, 3.05) is 13.2 Å². The van der Waals surface area contributed by atoms with Crippen LogP contribution in [0.4, 0.5) is 5.69 Å². The Labute approximate surface area is 123 Å². The van der Waals surface area contributed by atoms with E-state index in [-0.39, 0.29) is 18.7 Å². The molecule has 2 N–H and O–H groups in total. The van der Waals surface area contributed by atoms with Gasteiger partial charge in [-0.25, -0.2) is 0 Å². The highest BCUT2D eigenvalue weighted by molar-refractivity contribution is 5.73. The third kappa shape index (κ3) is 5.39. The van der Waals surface area contributed by atoms with E-state index in [2.05, 4.69) is 5.32 Å². The van der Waals surface area contributed by atoms with Gasteiger partial charge in [-0.1, -0.05) is 6.92 Å². The third-order valence-corrected chi connectivity index (χ3v) is 2.99. The number of nitrogens with zero attached hydrogens (tertiary/aromatic N) is 1. The molecule has 1 aromatic rings. The number of hydrogen-bond donors (Lipinski definition) is 2. The van der Waals surface area contributed by atoms with Crippen molar-refractivity contribution in [2.45, 2.75) is 32.7 Å². The average molecular weight is 296 g/mol. The fourth-order valence-corrected chi connectivity index (χ4v) is 1.78. The normalized spacial score (nSPS) is 11.9. The monoisotopic (exact) mass is 296 g/mol. The van der Waals surface area contributed by atoms with E-state index in [1.165, 1.54) is 12.1 Å². The second kappa shape index (κ2) is 8.21. The van der Waals surface area contributed by atoms with Gasteiger partial charge >= 0.3 is 5.97 Å². The zero-order chi connectivity index (χ0) is 15.8. The number of carboxylic acids is 1. The molecule has 0 aliphatic rings. The van der Waals surface area contributed by atoms with E-state index in [9.17, 15) is 14.9 Å². The van der Waals surface area contributed by atoms with E-state index >= 15 is 0 Å². The summed E-state index contributed by atoms with van der Waals surface area (Å²) in [4.78, 5) is 21.3. The summed E-state index contributed by atoms with van der Waals surface area (Å²) < 4.78 is 5.48. The molecule has 0 amide bonds. The molecule has 0 aliphatic carbocycles. The minimum Gasteiger partial charge on any atom is -0.493 e. The Morgan fingerprint density at radius 3 is 2.81 bits per heavy atom. The van der Waals surface area contributed by atoms with Crippen molar-refractivity contribution in [3.05, 3.63) is 33.9 Å². The van der Waals surface area contributed by atoms with Crippen LogP contribution in [-0.4, -0.2) is 35.2 Å². The summed E-state index contributed by atoms with van der Waals surface area (Å²) in [6.07, 6.45) is 1.13. The minimum atomic E-state index is -0.928. The number of hydrogen-bond acceptors (Lipinski definition) is 5. The van der Waals surface area contributed by atoms with Crippen molar-refractivity contribution in [3.63, 3.8) is 0 Å². The fourth-order valence-electron chi connectivity index (χ4n) is 1.78. The number of aliphatic carboxylic acids is 1. The molecule has 7 nitrogen and oxygen atoms in total. The van der Waals surface area contributed by atoms with Crippen LogP contribution in [0.1, 0.15) is 25.3 Å². The van der Waals surface area contributed by atoms with E-state index in [1.807, 2.05) is 6.92 Å². The maximum Gasteiger partial charge on any atom is 0.320 e. The summed E-state index contributed by atoms with van der Waals surface area (Å²) in [6, 6.07) is 3.69. The van der Waals surface area contributed by atoms with E-state index in [4.69, 9.17) is 9.84 Å². The van der Waals surface area contributed by atoms with Gasteiger partial charge < -0.3 is 15.2 Å². The summed E-state index contributed by atoms with van der Waals surface area (Å²) in [5, 5.41) is 22.7. The van der Waals surface area contributed by atoms with Crippen LogP contribution in [0.25, 0.3) is 0 Å². The highest BCUT2D eigenvalue weighted by Gasteiger charge is 2.16. The van der Waals surface area contributed by atoms with Gasteiger partial charge in [-0.2, -0.15) is 0 Å². The van der Waals surface area contributed by atoms with Crippen molar-refractivity contribution in [2.24, 2.45) is 0 Å². The Kier molecular flexibility index (Phi) is 6.61. The fraction of sp³-hybridized carbons (Fsp3) is 0.500. The molecule has 0 radical (unpaired) electrons. The lowest BCUT2D eigenvalue weighted by molar-refractivity contribution is -0.384. The molecule has 0 fully saturated rings. The summed E-state index contributed by atoms with van der Waals surface area (Å²) in [5.41, 5.74) is 0.725. The molecule has 0 aromatic heterocycles. The minimum absolute atomic E-state index is 0.0468. The lowest BCUT2D eigenvalue weighted by Gasteiger charge is -2.15. The molecular weight excluding hydrogens is 276 g/mol. The Balaban J connectivity index is 2.59. The van der Waals surface area contributed by atoms with Gasteiger partial charge in [0.25, 0.3) is 5.69 Å². The van der Waals surface area contributed by atoms with Crippen LogP contribution in [0.3, 0.4) is 0 Å². The van der Waals surface area contributed by atoms with Crippen LogP contribution in [0.5, 0.6) is 5.75 Å². The zero-order valence-corrected chi connectivity index (χ0v) is 12.2. The second-order valence-corrected chi connectivity index (χ2v) is 4.69. The SMILES string of the molecule is CCCNC(CCOc1cc([N+](=O)[O-])ccc1C)C(=O)O. The van der Waals surface area contributed by atoms with Crippen molar-refractivity contribution >= 4 is 11.7 Å². The molecule has 1 unspecified atom stereocenters. The molecule has 0 bridgehead atoms. The van der Waals surface area contributed by atoms with Crippen LogP contribution in [0, 0.1) is 17.0 Å². The molecule has 0 saturated carbocycles. The van der Waals surface area contributed by atoms with Crippen LogP contribution >= 0.6 is 0 Å². The van der Waals surface area contributed by atoms with Gasteiger partial charge in [-0.3, -0.25) is 14.9 Å². The van der Waals surface area contributed by atoms with E-state index in [0.29, 0.717) is 12.3 Å². The zero-order valence-electron chi connectivity index (χ0n) is 12.2. The van der Waals surface area contributed by atoms with E-state index in [1.54, 1.807) is 13.0 Å². The maximum atomic E-state index is 11.1. The number of nitro benzene ring substituents is 1. The first-order chi connectivity index (χ1) is 9.95.